The second-order valence-electron chi connectivity index (χ2n) is 3.53. The van der Waals surface area contributed by atoms with Crippen LogP contribution in [0, 0.1) is 11.0 Å². The summed E-state index contributed by atoms with van der Waals surface area (Å²) in [4.78, 5) is 0. The predicted molar refractivity (Wildman–Crippen MR) is 63.0 cm³/mol. The predicted octanol–water partition coefficient (Wildman–Crippen LogP) is 2.79. The highest BCUT2D eigenvalue weighted by atomic mass is 19.1. The van der Waals surface area contributed by atoms with Gasteiger partial charge in [0.15, 0.2) is 6.21 Å². The Labute approximate surface area is 97.7 Å². The molecular formula is C13H10FNO2. The molecule has 0 saturated heterocycles. The van der Waals surface area contributed by atoms with Crippen molar-refractivity contribution in [3.05, 3.63) is 65.1 Å². The number of hydrogen-bond donors (Lipinski definition) is 1. The van der Waals surface area contributed by atoms with Crippen LogP contribution in [-0.4, -0.2) is 16.1 Å². The number of benzene rings is 2. The molecule has 17 heavy (non-hydrogen) atoms. The van der Waals surface area contributed by atoms with Crippen LogP contribution in [0.2, 0.25) is 0 Å². The zero-order valence-corrected chi connectivity index (χ0v) is 8.88. The van der Waals surface area contributed by atoms with Crippen LogP contribution in [0.4, 0.5) is 10.1 Å². The molecule has 3 nitrogen and oxygen atoms in total. The molecule has 2 aromatic carbocycles. The lowest BCUT2D eigenvalue weighted by Crippen LogP contribution is -1.98. The van der Waals surface area contributed by atoms with Gasteiger partial charge < -0.3 is 10.3 Å². The maximum atomic E-state index is 12.9. The minimum absolute atomic E-state index is 0.0102. The third-order valence-electron chi connectivity index (χ3n) is 2.20. The molecule has 0 unspecified atom stereocenters. The number of phenols is 1. The first-order valence-corrected chi connectivity index (χ1v) is 5.01. The molecular weight excluding hydrogens is 221 g/mol. The number of nitrogens with zero attached hydrogens (tertiary/aromatic N) is 1. The van der Waals surface area contributed by atoms with Crippen molar-refractivity contribution in [3.8, 4) is 5.75 Å². The van der Waals surface area contributed by atoms with Gasteiger partial charge in [0.1, 0.15) is 11.6 Å². The van der Waals surface area contributed by atoms with Crippen LogP contribution in [0.1, 0.15) is 5.56 Å². The fraction of sp³-hybridized carbons (Fsp3) is 0. The highest BCUT2D eigenvalue weighted by Crippen LogP contribution is 2.17. The Bertz CT molecular complexity index is 567. The second-order valence-corrected chi connectivity index (χ2v) is 3.53. The molecule has 2 aromatic rings. The topological polar surface area (TPSA) is 46.3 Å². The summed E-state index contributed by atoms with van der Waals surface area (Å²) >= 11 is 0. The molecule has 1 N–H and O–H groups in total. The van der Waals surface area contributed by atoms with E-state index in [0.29, 0.717) is 10.3 Å². The van der Waals surface area contributed by atoms with Crippen molar-refractivity contribution in [2.75, 3.05) is 0 Å². The van der Waals surface area contributed by atoms with Crippen LogP contribution in [0.5, 0.6) is 5.75 Å². The van der Waals surface area contributed by atoms with Crippen molar-refractivity contribution < 1.29 is 14.2 Å². The molecule has 0 heterocycles. The zero-order valence-electron chi connectivity index (χ0n) is 8.88. The fourth-order valence-corrected chi connectivity index (χ4v) is 1.43. The van der Waals surface area contributed by atoms with Gasteiger partial charge in [-0.05, 0) is 24.3 Å². The highest BCUT2D eigenvalue weighted by Gasteiger charge is 2.03. The molecule has 0 spiro atoms. The largest absolute Gasteiger partial charge is 0.618 e. The SMILES string of the molecule is [O-][N+](=Cc1cccc(F)c1)c1cccc(O)c1. The third-order valence-corrected chi connectivity index (χ3v) is 2.20. The van der Waals surface area contributed by atoms with Gasteiger partial charge in [-0.1, -0.05) is 12.1 Å². The lowest BCUT2D eigenvalue weighted by atomic mass is 10.2. The fourth-order valence-electron chi connectivity index (χ4n) is 1.43. The summed E-state index contributed by atoms with van der Waals surface area (Å²) in [5.41, 5.74) is 0.748. The Kier molecular flexibility index (Phi) is 3.05. The van der Waals surface area contributed by atoms with Gasteiger partial charge in [0.05, 0.1) is 6.07 Å². The van der Waals surface area contributed by atoms with Crippen LogP contribution in [0.25, 0.3) is 0 Å². The zero-order chi connectivity index (χ0) is 12.3. The van der Waals surface area contributed by atoms with Gasteiger partial charge in [-0.3, -0.25) is 0 Å². The highest BCUT2D eigenvalue weighted by molar-refractivity contribution is 5.76. The van der Waals surface area contributed by atoms with E-state index in [-0.39, 0.29) is 11.4 Å². The van der Waals surface area contributed by atoms with E-state index in [9.17, 15) is 14.7 Å². The average Bonchev–Trinajstić information content (AvgIpc) is 2.29. The van der Waals surface area contributed by atoms with Crippen molar-refractivity contribution in [1.82, 2.24) is 0 Å². The van der Waals surface area contributed by atoms with Crippen molar-refractivity contribution in [3.63, 3.8) is 0 Å². The number of phenolic OH excluding ortho intramolecular Hbond substituents is 1. The van der Waals surface area contributed by atoms with E-state index in [4.69, 9.17) is 0 Å². The summed E-state index contributed by atoms with van der Waals surface area (Å²) in [7, 11) is 0. The lowest BCUT2D eigenvalue weighted by Gasteiger charge is -2.03. The molecule has 0 atom stereocenters. The van der Waals surface area contributed by atoms with Gasteiger partial charge >= 0.3 is 0 Å². The molecule has 0 aliphatic rings. The molecule has 0 aliphatic carbocycles. The molecule has 4 heteroatoms. The van der Waals surface area contributed by atoms with Crippen molar-refractivity contribution in [2.45, 2.75) is 0 Å². The molecule has 0 saturated carbocycles. The summed E-state index contributed by atoms with van der Waals surface area (Å²) in [5.74, 6) is -0.390. The van der Waals surface area contributed by atoms with E-state index in [1.165, 1.54) is 36.5 Å². The lowest BCUT2D eigenvalue weighted by molar-refractivity contribution is -0.354. The Hall–Kier alpha value is -2.36. The molecule has 0 aliphatic heterocycles. The number of halogens is 1. The first kappa shape index (κ1) is 11.1. The van der Waals surface area contributed by atoms with Crippen LogP contribution in [0.15, 0.2) is 48.5 Å². The van der Waals surface area contributed by atoms with Gasteiger partial charge in [0.25, 0.3) is 0 Å². The molecule has 2 rings (SSSR count). The van der Waals surface area contributed by atoms with E-state index in [1.807, 2.05) is 0 Å². The van der Waals surface area contributed by atoms with Crippen LogP contribution < -0.4 is 0 Å². The van der Waals surface area contributed by atoms with E-state index >= 15 is 0 Å². The summed E-state index contributed by atoms with van der Waals surface area (Å²) in [6, 6.07) is 11.6. The van der Waals surface area contributed by atoms with Gasteiger partial charge in [-0.2, -0.15) is 4.74 Å². The van der Waals surface area contributed by atoms with E-state index in [1.54, 1.807) is 18.2 Å². The van der Waals surface area contributed by atoms with E-state index in [2.05, 4.69) is 0 Å². The van der Waals surface area contributed by atoms with E-state index in [0.717, 1.165) is 0 Å². The van der Waals surface area contributed by atoms with E-state index < -0.39 is 5.82 Å². The molecule has 0 aromatic heterocycles. The van der Waals surface area contributed by atoms with Crippen LogP contribution >= 0.6 is 0 Å². The van der Waals surface area contributed by atoms with Gasteiger partial charge in [0.2, 0.25) is 5.69 Å². The van der Waals surface area contributed by atoms with Gasteiger partial charge in [0, 0.05) is 11.6 Å². The standard InChI is InChI=1S/C13H10FNO2/c14-11-4-1-3-10(7-11)9-15(17)12-5-2-6-13(16)8-12/h1-9,16H. The first-order chi connectivity index (χ1) is 8.15. The Morgan fingerprint density at radius 1 is 1.12 bits per heavy atom. The molecule has 0 bridgehead atoms. The molecule has 0 amide bonds. The summed E-state index contributed by atoms with van der Waals surface area (Å²) in [6.07, 6.45) is 1.25. The Morgan fingerprint density at radius 3 is 2.59 bits per heavy atom. The number of aromatic hydroxyl groups is 1. The normalized spacial score (nSPS) is 11.5. The number of rotatable bonds is 2. The maximum absolute atomic E-state index is 12.9. The number of hydrogen-bond acceptors (Lipinski definition) is 2. The van der Waals surface area contributed by atoms with Gasteiger partial charge in [-0.25, -0.2) is 4.39 Å². The monoisotopic (exact) mass is 231 g/mol. The molecule has 0 radical (unpaired) electrons. The average molecular weight is 231 g/mol. The minimum Gasteiger partial charge on any atom is -0.618 e. The van der Waals surface area contributed by atoms with Crippen LogP contribution in [0.3, 0.4) is 0 Å². The smallest absolute Gasteiger partial charge is 0.220 e. The van der Waals surface area contributed by atoms with Crippen molar-refractivity contribution >= 4 is 11.9 Å². The van der Waals surface area contributed by atoms with Gasteiger partial charge in [-0.15, -0.1) is 0 Å². The Morgan fingerprint density at radius 2 is 1.88 bits per heavy atom. The molecule has 86 valence electrons. The second kappa shape index (κ2) is 4.65. The van der Waals surface area contributed by atoms with Crippen molar-refractivity contribution in [1.29, 1.82) is 0 Å². The van der Waals surface area contributed by atoms with Crippen LogP contribution in [-0.2, 0) is 0 Å². The van der Waals surface area contributed by atoms with Crippen molar-refractivity contribution in [2.24, 2.45) is 0 Å². The Balaban J connectivity index is 2.34. The molecule has 0 fully saturated rings. The summed E-state index contributed by atoms with van der Waals surface area (Å²) < 4.78 is 13.5. The quantitative estimate of drug-likeness (QED) is 0.374. The summed E-state index contributed by atoms with van der Waals surface area (Å²) in [6.45, 7) is 0. The first-order valence-electron chi connectivity index (χ1n) is 5.01. The minimum atomic E-state index is -0.400. The third kappa shape index (κ3) is 2.81. The summed E-state index contributed by atoms with van der Waals surface area (Å²) in [5, 5.41) is 20.9. The maximum Gasteiger partial charge on any atom is 0.220 e.